The van der Waals surface area contributed by atoms with Crippen LogP contribution in [0.15, 0.2) is 64.4 Å². The summed E-state index contributed by atoms with van der Waals surface area (Å²) in [6.45, 7) is 0. The molecule has 0 amide bonds. The second-order valence-electron chi connectivity index (χ2n) is 3.87. The average Bonchev–Trinajstić information content (AvgIpc) is 2.48. The van der Waals surface area contributed by atoms with Crippen LogP contribution in [0, 0.1) is 0 Å². The fraction of sp³-hybridized carbons (Fsp3) is 0.0714. The van der Waals surface area contributed by atoms with Crippen molar-refractivity contribution in [2.24, 2.45) is 0 Å². The predicted molar refractivity (Wildman–Crippen MR) is 74.7 cm³/mol. The summed E-state index contributed by atoms with van der Waals surface area (Å²) in [6.07, 6.45) is 0. The number of halogens is 1. The number of carbonyl (C=O) groups excluding carboxylic acids is 1. The van der Waals surface area contributed by atoms with Gasteiger partial charge in [0.25, 0.3) is 0 Å². The molecule has 0 unspecified atom stereocenters. The van der Waals surface area contributed by atoms with Gasteiger partial charge in [-0.15, -0.1) is 11.6 Å². The highest BCUT2D eigenvalue weighted by Crippen LogP contribution is 2.29. The molecule has 0 N–H and O–H groups in total. The van der Waals surface area contributed by atoms with Crippen LogP contribution in [0.1, 0.15) is 0 Å². The summed E-state index contributed by atoms with van der Waals surface area (Å²) in [4.78, 5) is 11.3. The third kappa shape index (κ3) is 3.00. The van der Waals surface area contributed by atoms with Gasteiger partial charge in [-0.2, -0.15) is 0 Å². The van der Waals surface area contributed by atoms with Crippen molar-refractivity contribution in [3.8, 4) is 5.75 Å². The Morgan fingerprint density at radius 1 is 1.00 bits per heavy atom. The van der Waals surface area contributed by atoms with Gasteiger partial charge < -0.3 is 4.74 Å². The van der Waals surface area contributed by atoms with Crippen molar-refractivity contribution in [3.05, 3.63) is 54.6 Å². The van der Waals surface area contributed by atoms with Gasteiger partial charge in [-0.1, -0.05) is 30.3 Å². The van der Waals surface area contributed by atoms with Gasteiger partial charge >= 0.3 is 5.97 Å². The minimum absolute atomic E-state index is 0.0259. The second-order valence-corrected chi connectivity index (χ2v) is 6.06. The van der Waals surface area contributed by atoms with Crippen molar-refractivity contribution in [3.63, 3.8) is 0 Å². The van der Waals surface area contributed by atoms with E-state index in [0.717, 1.165) is 0 Å². The molecule has 0 fully saturated rings. The van der Waals surface area contributed by atoms with Crippen molar-refractivity contribution in [2.45, 2.75) is 9.79 Å². The highest BCUT2D eigenvalue weighted by molar-refractivity contribution is 7.91. The molecule has 2 aromatic rings. The van der Waals surface area contributed by atoms with E-state index in [1.165, 1.54) is 24.3 Å². The van der Waals surface area contributed by atoms with Crippen LogP contribution in [0.3, 0.4) is 0 Å². The van der Waals surface area contributed by atoms with E-state index in [9.17, 15) is 13.2 Å². The maximum absolute atomic E-state index is 12.5. The quantitative estimate of drug-likeness (QED) is 0.495. The number of sulfone groups is 1. The van der Waals surface area contributed by atoms with E-state index in [0.29, 0.717) is 0 Å². The lowest BCUT2D eigenvalue weighted by molar-refractivity contribution is -0.131. The normalized spacial score (nSPS) is 11.1. The third-order valence-electron chi connectivity index (χ3n) is 2.53. The second kappa shape index (κ2) is 6.07. The number of hydrogen-bond acceptors (Lipinski definition) is 4. The van der Waals surface area contributed by atoms with Crippen molar-refractivity contribution >= 4 is 27.4 Å². The standard InChI is InChI=1S/C14H11ClO4S/c15-10-14(16)19-12-8-4-5-9-13(12)20(17,18)11-6-2-1-3-7-11/h1-9H,10H2. The molecule has 0 aliphatic rings. The Morgan fingerprint density at radius 2 is 1.60 bits per heavy atom. The Bertz CT molecular complexity index is 711. The number of benzene rings is 2. The van der Waals surface area contributed by atoms with Gasteiger partial charge in [0.15, 0.2) is 0 Å². The molecule has 0 aromatic heterocycles. The van der Waals surface area contributed by atoms with Gasteiger partial charge in [0.05, 0.1) is 4.90 Å². The highest BCUT2D eigenvalue weighted by Gasteiger charge is 2.22. The van der Waals surface area contributed by atoms with Gasteiger partial charge in [0.2, 0.25) is 9.84 Å². The molecule has 2 aromatic carbocycles. The minimum atomic E-state index is -3.74. The van der Waals surface area contributed by atoms with Crippen LogP contribution in [0.2, 0.25) is 0 Å². The lowest BCUT2D eigenvalue weighted by atomic mass is 10.3. The van der Waals surface area contributed by atoms with Gasteiger partial charge in [0.1, 0.15) is 16.5 Å². The summed E-state index contributed by atoms with van der Waals surface area (Å²) >= 11 is 5.36. The SMILES string of the molecule is O=C(CCl)Oc1ccccc1S(=O)(=O)c1ccccc1. The van der Waals surface area contributed by atoms with E-state index >= 15 is 0 Å². The van der Waals surface area contributed by atoms with E-state index in [4.69, 9.17) is 16.3 Å². The van der Waals surface area contributed by atoms with Crippen molar-refractivity contribution in [2.75, 3.05) is 5.88 Å². The Hall–Kier alpha value is -1.85. The fourth-order valence-corrected chi connectivity index (χ4v) is 3.09. The van der Waals surface area contributed by atoms with E-state index in [2.05, 4.69) is 0 Å². The fourth-order valence-electron chi connectivity index (χ4n) is 1.63. The summed E-state index contributed by atoms with van der Waals surface area (Å²) in [6, 6.07) is 13.9. The largest absolute Gasteiger partial charge is 0.424 e. The molecule has 0 aliphatic heterocycles. The smallest absolute Gasteiger partial charge is 0.326 e. The molecular formula is C14H11ClO4S. The summed E-state index contributed by atoms with van der Waals surface area (Å²) in [5, 5.41) is 0. The average molecular weight is 311 g/mol. The zero-order chi connectivity index (χ0) is 14.6. The number of hydrogen-bond donors (Lipinski definition) is 0. The molecular weight excluding hydrogens is 300 g/mol. The van der Waals surface area contributed by atoms with Gasteiger partial charge in [0, 0.05) is 0 Å². The lowest BCUT2D eigenvalue weighted by Gasteiger charge is -2.10. The van der Waals surface area contributed by atoms with Crippen molar-refractivity contribution < 1.29 is 17.9 Å². The highest BCUT2D eigenvalue weighted by atomic mass is 35.5. The molecule has 0 saturated heterocycles. The zero-order valence-electron chi connectivity index (χ0n) is 10.3. The maximum atomic E-state index is 12.5. The monoisotopic (exact) mass is 310 g/mol. The minimum Gasteiger partial charge on any atom is -0.424 e. The van der Waals surface area contributed by atoms with Crippen molar-refractivity contribution in [1.29, 1.82) is 0 Å². The first kappa shape index (κ1) is 14.6. The molecule has 104 valence electrons. The number of ether oxygens (including phenoxy) is 1. The number of esters is 1. The van der Waals surface area contributed by atoms with Crippen LogP contribution in [-0.4, -0.2) is 20.3 Å². The predicted octanol–water partition coefficient (Wildman–Crippen LogP) is 2.66. The van der Waals surface area contributed by atoms with Crippen LogP contribution < -0.4 is 4.74 Å². The molecule has 0 heterocycles. The number of alkyl halides is 1. The zero-order valence-corrected chi connectivity index (χ0v) is 11.9. The molecule has 6 heteroatoms. The van der Waals surface area contributed by atoms with Crippen LogP contribution >= 0.6 is 11.6 Å². The number of rotatable bonds is 4. The van der Waals surface area contributed by atoms with E-state index in [1.54, 1.807) is 30.3 Å². The van der Waals surface area contributed by atoms with Gasteiger partial charge in [-0.3, -0.25) is 4.79 Å². The van der Waals surface area contributed by atoms with Crippen LogP contribution in [-0.2, 0) is 14.6 Å². The molecule has 0 saturated carbocycles. The Labute approximate surface area is 121 Å². The third-order valence-corrected chi connectivity index (χ3v) is 4.55. The maximum Gasteiger partial charge on any atom is 0.326 e. The van der Waals surface area contributed by atoms with Crippen LogP contribution in [0.4, 0.5) is 0 Å². The summed E-state index contributed by atoms with van der Waals surface area (Å²) in [5.41, 5.74) is 0. The molecule has 0 radical (unpaired) electrons. The van der Waals surface area contributed by atoms with Gasteiger partial charge in [-0.05, 0) is 24.3 Å². The first-order valence-corrected chi connectivity index (χ1v) is 7.73. The topological polar surface area (TPSA) is 60.4 Å². The molecule has 0 aliphatic carbocycles. The Morgan fingerprint density at radius 3 is 2.25 bits per heavy atom. The lowest BCUT2D eigenvalue weighted by Crippen LogP contribution is -2.12. The molecule has 0 atom stereocenters. The summed E-state index contributed by atoms with van der Waals surface area (Å²) in [7, 11) is -3.74. The Balaban J connectivity index is 2.50. The van der Waals surface area contributed by atoms with Crippen LogP contribution in [0.25, 0.3) is 0 Å². The summed E-state index contributed by atoms with van der Waals surface area (Å²) < 4.78 is 30.0. The molecule has 4 nitrogen and oxygen atoms in total. The Kier molecular flexibility index (Phi) is 4.42. The molecule has 2 rings (SSSR count). The van der Waals surface area contributed by atoms with Crippen molar-refractivity contribution in [1.82, 2.24) is 0 Å². The first-order chi connectivity index (χ1) is 9.55. The number of carbonyl (C=O) groups is 1. The van der Waals surface area contributed by atoms with Gasteiger partial charge in [-0.25, -0.2) is 8.42 Å². The van der Waals surface area contributed by atoms with E-state index < -0.39 is 15.8 Å². The van der Waals surface area contributed by atoms with E-state index in [1.807, 2.05) is 0 Å². The van der Waals surface area contributed by atoms with E-state index in [-0.39, 0.29) is 21.4 Å². The molecule has 0 spiro atoms. The first-order valence-electron chi connectivity index (χ1n) is 5.71. The van der Waals surface area contributed by atoms with Crippen LogP contribution in [0.5, 0.6) is 5.75 Å². The molecule has 20 heavy (non-hydrogen) atoms. The molecule has 0 bridgehead atoms. The summed E-state index contributed by atoms with van der Waals surface area (Å²) in [5.74, 6) is -1.08. The number of para-hydroxylation sites is 1.